The average Bonchev–Trinajstić information content (AvgIpc) is 2.20. The highest BCUT2D eigenvalue weighted by Gasteiger charge is 2.11. The molecular weight excluding hydrogens is 186 g/mol. The van der Waals surface area contributed by atoms with Gasteiger partial charge in [-0.05, 0) is 37.0 Å². The van der Waals surface area contributed by atoms with Gasteiger partial charge in [0, 0.05) is 6.04 Å². The highest BCUT2D eigenvalue weighted by atomic mass is 16.5. The molecule has 2 heteroatoms. The Morgan fingerprint density at radius 2 is 2.00 bits per heavy atom. The zero-order valence-corrected chi connectivity index (χ0v) is 10.1. The summed E-state index contributed by atoms with van der Waals surface area (Å²) in [7, 11) is 0. The van der Waals surface area contributed by atoms with Crippen molar-refractivity contribution in [2.75, 3.05) is 6.61 Å². The van der Waals surface area contributed by atoms with E-state index in [2.05, 4.69) is 32.9 Å². The van der Waals surface area contributed by atoms with Crippen molar-refractivity contribution < 1.29 is 4.74 Å². The Hall–Kier alpha value is -1.02. The van der Waals surface area contributed by atoms with Crippen LogP contribution in [-0.2, 0) is 0 Å². The van der Waals surface area contributed by atoms with Crippen molar-refractivity contribution in [1.29, 1.82) is 0 Å². The summed E-state index contributed by atoms with van der Waals surface area (Å²) in [5.74, 6) is 1.42. The van der Waals surface area contributed by atoms with Crippen LogP contribution in [0, 0.1) is 12.8 Å². The molecule has 1 atom stereocenters. The van der Waals surface area contributed by atoms with Gasteiger partial charge in [-0.2, -0.15) is 0 Å². The van der Waals surface area contributed by atoms with Gasteiger partial charge < -0.3 is 10.5 Å². The molecule has 0 spiro atoms. The summed E-state index contributed by atoms with van der Waals surface area (Å²) >= 11 is 0. The molecule has 15 heavy (non-hydrogen) atoms. The number of hydrogen-bond acceptors (Lipinski definition) is 2. The Labute approximate surface area is 92.4 Å². The third-order valence-corrected chi connectivity index (χ3v) is 2.60. The summed E-state index contributed by atoms with van der Waals surface area (Å²) in [6.45, 7) is 9.03. The molecule has 0 aliphatic heterocycles. The van der Waals surface area contributed by atoms with Gasteiger partial charge in [-0.3, -0.25) is 0 Å². The van der Waals surface area contributed by atoms with Crippen molar-refractivity contribution in [3.63, 3.8) is 0 Å². The third-order valence-electron chi connectivity index (χ3n) is 2.60. The Balaban J connectivity index is 2.90. The predicted octanol–water partition coefficient (Wildman–Crippen LogP) is 3.05. The van der Waals surface area contributed by atoms with E-state index in [1.165, 1.54) is 5.56 Å². The largest absolute Gasteiger partial charge is 0.494 e. The summed E-state index contributed by atoms with van der Waals surface area (Å²) in [6.07, 6.45) is 0. The minimum Gasteiger partial charge on any atom is -0.494 e. The summed E-state index contributed by atoms with van der Waals surface area (Å²) in [4.78, 5) is 0. The number of aryl methyl sites for hydroxylation is 1. The molecule has 0 aromatic heterocycles. The van der Waals surface area contributed by atoms with E-state index < -0.39 is 0 Å². The van der Waals surface area contributed by atoms with Crippen molar-refractivity contribution in [3.05, 3.63) is 29.3 Å². The molecule has 1 rings (SSSR count). The molecule has 0 radical (unpaired) electrons. The second kappa shape index (κ2) is 5.17. The quantitative estimate of drug-likeness (QED) is 0.823. The van der Waals surface area contributed by atoms with Crippen molar-refractivity contribution in [1.82, 2.24) is 0 Å². The molecule has 0 aliphatic carbocycles. The van der Waals surface area contributed by atoms with Gasteiger partial charge in [-0.15, -0.1) is 0 Å². The van der Waals surface area contributed by atoms with Gasteiger partial charge in [0.2, 0.25) is 0 Å². The van der Waals surface area contributed by atoms with Crippen LogP contribution in [0.15, 0.2) is 18.2 Å². The van der Waals surface area contributed by atoms with E-state index >= 15 is 0 Å². The molecule has 0 heterocycles. The summed E-state index contributed by atoms with van der Waals surface area (Å²) < 4.78 is 5.49. The Kier molecular flexibility index (Phi) is 4.15. The maximum atomic E-state index is 6.09. The fourth-order valence-electron chi connectivity index (χ4n) is 1.58. The van der Waals surface area contributed by atoms with Crippen molar-refractivity contribution in [3.8, 4) is 5.75 Å². The topological polar surface area (TPSA) is 35.2 Å². The van der Waals surface area contributed by atoms with Crippen LogP contribution in [0.4, 0.5) is 0 Å². The lowest BCUT2D eigenvalue weighted by molar-refractivity contribution is 0.337. The van der Waals surface area contributed by atoms with Gasteiger partial charge >= 0.3 is 0 Å². The van der Waals surface area contributed by atoms with Crippen LogP contribution in [0.3, 0.4) is 0 Å². The predicted molar refractivity (Wildman–Crippen MR) is 64.1 cm³/mol. The van der Waals surface area contributed by atoms with Gasteiger partial charge in [-0.1, -0.05) is 26.0 Å². The molecule has 0 amide bonds. The number of benzene rings is 1. The molecule has 0 unspecified atom stereocenters. The van der Waals surface area contributed by atoms with Crippen LogP contribution in [0.25, 0.3) is 0 Å². The molecule has 0 saturated carbocycles. The van der Waals surface area contributed by atoms with Crippen LogP contribution >= 0.6 is 0 Å². The Morgan fingerprint density at radius 3 is 2.47 bits per heavy atom. The van der Waals surface area contributed by atoms with E-state index in [-0.39, 0.29) is 6.04 Å². The van der Waals surface area contributed by atoms with Gasteiger partial charge in [0.15, 0.2) is 0 Å². The summed E-state index contributed by atoms with van der Waals surface area (Å²) in [6, 6.07) is 6.30. The molecule has 0 saturated heterocycles. The summed E-state index contributed by atoms with van der Waals surface area (Å²) in [5.41, 5.74) is 8.43. The summed E-state index contributed by atoms with van der Waals surface area (Å²) in [5, 5.41) is 0. The Morgan fingerprint density at radius 1 is 1.33 bits per heavy atom. The number of rotatable bonds is 4. The van der Waals surface area contributed by atoms with E-state index in [1.54, 1.807) is 0 Å². The first-order chi connectivity index (χ1) is 7.06. The van der Waals surface area contributed by atoms with Crippen LogP contribution in [-0.4, -0.2) is 6.61 Å². The first-order valence-electron chi connectivity index (χ1n) is 5.55. The highest BCUT2D eigenvalue weighted by Crippen LogP contribution is 2.25. The van der Waals surface area contributed by atoms with Crippen LogP contribution in [0.2, 0.25) is 0 Å². The zero-order chi connectivity index (χ0) is 11.4. The fraction of sp³-hybridized carbons (Fsp3) is 0.538. The SMILES string of the molecule is CCOc1ccc([C@H](N)C(C)C)cc1C. The third kappa shape index (κ3) is 2.96. The average molecular weight is 207 g/mol. The van der Waals surface area contributed by atoms with E-state index in [0.29, 0.717) is 12.5 Å². The normalized spacial score (nSPS) is 12.9. The highest BCUT2D eigenvalue weighted by molar-refractivity contribution is 5.37. The van der Waals surface area contributed by atoms with Crippen molar-refractivity contribution >= 4 is 0 Å². The molecule has 1 aromatic rings. The maximum absolute atomic E-state index is 6.09. The molecule has 84 valence electrons. The van der Waals surface area contributed by atoms with Gasteiger partial charge in [-0.25, -0.2) is 0 Å². The van der Waals surface area contributed by atoms with Crippen LogP contribution in [0.5, 0.6) is 5.75 Å². The lowest BCUT2D eigenvalue weighted by atomic mass is 9.96. The fourth-order valence-corrected chi connectivity index (χ4v) is 1.58. The molecule has 0 fully saturated rings. The number of nitrogens with two attached hydrogens (primary N) is 1. The second-order valence-electron chi connectivity index (χ2n) is 4.23. The molecular formula is C13H21NO. The zero-order valence-electron chi connectivity index (χ0n) is 10.1. The van der Waals surface area contributed by atoms with E-state index in [0.717, 1.165) is 11.3 Å². The molecule has 0 bridgehead atoms. The molecule has 0 aliphatic rings. The monoisotopic (exact) mass is 207 g/mol. The Bertz CT molecular complexity index is 320. The molecule has 2 N–H and O–H groups in total. The number of ether oxygens (including phenoxy) is 1. The van der Waals surface area contributed by atoms with Gasteiger partial charge in [0.1, 0.15) is 5.75 Å². The lowest BCUT2D eigenvalue weighted by Crippen LogP contribution is -2.16. The maximum Gasteiger partial charge on any atom is 0.122 e. The minimum atomic E-state index is 0.111. The minimum absolute atomic E-state index is 0.111. The smallest absolute Gasteiger partial charge is 0.122 e. The van der Waals surface area contributed by atoms with Crippen LogP contribution in [0.1, 0.15) is 37.9 Å². The van der Waals surface area contributed by atoms with Crippen molar-refractivity contribution in [2.24, 2.45) is 11.7 Å². The van der Waals surface area contributed by atoms with Gasteiger partial charge in [0.25, 0.3) is 0 Å². The first kappa shape index (κ1) is 12.1. The standard InChI is InChI=1S/C13H21NO/c1-5-15-12-7-6-11(8-10(12)4)13(14)9(2)3/h6-9,13H,5,14H2,1-4H3/t13-/m1/s1. The molecule has 2 nitrogen and oxygen atoms in total. The van der Waals surface area contributed by atoms with E-state index in [4.69, 9.17) is 10.5 Å². The second-order valence-corrected chi connectivity index (χ2v) is 4.23. The van der Waals surface area contributed by atoms with Crippen LogP contribution < -0.4 is 10.5 Å². The van der Waals surface area contributed by atoms with E-state index in [9.17, 15) is 0 Å². The first-order valence-corrected chi connectivity index (χ1v) is 5.55. The lowest BCUT2D eigenvalue weighted by Gasteiger charge is -2.17. The van der Waals surface area contributed by atoms with E-state index in [1.807, 2.05) is 13.0 Å². The molecule has 1 aromatic carbocycles. The van der Waals surface area contributed by atoms with Gasteiger partial charge in [0.05, 0.1) is 6.61 Å². The number of hydrogen-bond donors (Lipinski definition) is 1. The van der Waals surface area contributed by atoms with Crippen molar-refractivity contribution in [2.45, 2.75) is 33.7 Å².